The van der Waals surface area contributed by atoms with Gasteiger partial charge in [-0.3, -0.25) is 4.79 Å². The Hall–Kier alpha value is -3.61. The number of amides is 1. The van der Waals surface area contributed by atoms with E-state index < -0.39 is 0 Å². The van der Waals surface area contributed by atoms with Gasteiger partial charge < -0.3 is 19.3 Å². The summed E-state index contributed by atoms with van der Waals surface area (Å²) in [4.78, 5) is 27.0. The third kappa shape index (κ3) is 4.83. The van der Waals surface area contributed by atoms with Gasteiger partial charge in [-0.25, -0.2) is 9.97 Å². The molecule has 4 rings (SSSR count). The van der Waals surface area contributed by atoms with E-state index in [0.717, 1.165) is 29.3 Å². The first kappa shape index (κ1) is 23.5. The van der Waals surface area contributed by atoms with Gasteiger partial charge in [0.15, 0.2) is 0 Å². The topological polar surface area (TPSA) is 67.8 Å². The number of piperazine rings is 1. The van der Waals surface area contributed by atoms with Crippen LogP contribution in [0.5, 0.6) is 11.5 Å². The van der Waals surface area contributed by atoms with Crippen LogP contribution in [-0.2, 0) is 6.42 Å². The first-order valence-corrected chi connectivity index (χ1v) is 11.6. The van der Waals surface area contributed by atoms with Crippen molar-refractivity contribution in [2.75, 3.05) is 45.3 Å². The molecule has 34 heavy (non-hydrogen) atoms. The van der Waals surface area contributed by atoms with Crippen LogP contribution < -0.4 is 14.4 Å². The van der Waals surface area contributed by atoms with Crippen molar-refractivity contribution >= 4 is 11.7 Å². The number of carbonyl (C=O) groups excluding carboxylic acids is 1. The van der Waals surface area contributed by atoms with Crippen molar-refractivity contribution in [2.45, 2.75) is 27.2 Å². The van der Waals surface area contributed by atoms with E-state index in [1.807, 2.05) is 17.9 Å². The number of aryl methyl sites for hydroxylation is 3. The summed E-state index contributed by atoms with van der Waals surface area (Å²) in [6.07, 6.45) is 0.777. The molecule has 0 aliphatic carbocycles. The molecule has 0 atom stereocenters. The number of hydrogen-bond donors (Lipinski definition) is 0. The van der Waals surface area contributed by atoms with Crippen LogP contribution in [0, 0.1) is 20.8 Å². The fourth-order valence-corrected chi connectivity index (χ4v) is 4.44. The van der Waals surface area contributed by atoms with E-state index in [1.54, 1.807) is 26.4 Å². The van der Waals surface area contributed by atoms with Gasteiger partial charge in [-0.2, -0.15) is 0 Å². The molecule has 0 bridgehead atoms. The minimum Gasteiger partial charge on any atom is -0.496 e. The Labute approximate surface area is 201 Å². The molecule has 1 fully saturated rings. The molecule has 7 nitrogen and oxygen atoms in total. The Bertz CT molecular complexity index is 1150. The predicted molar refractivity (Wildman–Crippen MR) is 133 cm³/mol. The van der Waals surface area contributed by atoms with E-state index in [4.69, 9.17) is 14.5 Å². The molecule has 2 heterocycles. The lowest BCUT2D eigenvalue weighted by Gasteiger charge is -2.37. The molecule has 3 aromatic rings. The average Bonchev–Trinajstić information content (AvgIpc) is 2.85. The first-order chi connectivity index (χ1) is 16.4. The second kappa shape index (κ2) is 10.1. The van der Waals surface area contributed by atoms with E-state index in [-0.39, 0.29) is 5.91 Å². The minimum absolute atomic E-state index is 0.0797. The zero-order valence-corrected chi connectivity index (χ0v) is 20.6. The number of methoxy groups -OCH3 is 2. The summed E-state index contributed by atoms with van der Waals surface area (Å²) >= 11 is 0. The smallest absolute Gasteiger partial charge is 0.261 e. The highest BCUT2D eigenvalue weighted by atomic mass is 16.5. The summed E-state index contributed by atoms with van der Waals surface area (Å²) < 4.78 is 10.9. The summed E-state index contributed by atoms with van der Waals surface area (Å²) in [7, 11) is 3.14. The molecule has 0 radical (unpaired) electrons. The molecule has 1 amide bonds. The van der Waals surface area contributed by atoms with Crippen LogP contribution >= 0.6 is 0 Å². The van der Waals surface area contributed by atoms with Crippen molar-refractivity contribution in [1.29, 1.82) is 0 Å². The monoisotopic (exact) mass is 460 g/mol. The second-order valence-corrected chi connectivity index (χ2v) is 8.64. The molecule has 0 N–H and O–H groups in total. The van der Waals surface area contributed by atoms with E-state index in [1.165, 1.54) is 11.1 Å². The minimum atomic E-state index is -0.0797. The number of hydrogen-bond acceptors (Lipinski definition) is 6. The molecule has 1 aromatic heterocycles. The lowest BCUT2D eigenvalue weighted by molar-refractivity contribution is 0.0739. The summed E-state index contributed by atoms with van der Waals surface area (Å²) in [6.45, 7) is 8.64. The maximum absolute atomic E-state index is 13.4. The van der Waals surface area contributed by atoms with Crippen LogP contribution in [0.3, 0.4) is 0 Å². The zero-order valence-electron chi connectivity index (χ0n) is 20.6. The number of nitrogens with zero attached hydrogens (tertiary/aromatic N) is 4. The summed E-state index contributed by atoms with van der Waals surface area (Å²) in [5.41, 5.74) is 5.09. The fourth-order valence-electron chi connectivity index (χ4n) is 4.44. The lowest BCUT2D eigenvalue weighted by atomic mass is 10.0. The Morgan fingerprint density at radius 2 is 1.50 bits per heavy atom. The number of rotatable bonds is 6. The molecule has 7 heteroatoms. The van der Waals surface area contributed by atoms with E-state index >= 15 is 0 Å². The van der Waals surface area contributed by atoms with Crippen LogP contribution in [0.4, 0.5) is 5.82 Å². The van der Waals surface area contributed by atoms with Gasteiger partial charge in [-0.15, -0.1) is 0 Å². The first-order valence-electron chi connectivity index (χ1n) is 11.6. The van der Waals surface area contributed by atoms with Gasteiger partial charge in [-0.05, 0) is 38.5 Å². The number of anilines is 1. The van der Waals surface area contributed by atoms with Crippen LogP contribution in [0.1, 0.15) is 38.6 Å². The van der Waals surface area contributed by atoms with Gasteiger partial charge in [0.2, 0.25) is 0 Å². The molecule has 1 aliphatic heterocycles. The Balaban J connectivity index is 1.55. The number of benzene rings is 2. The SMILES string of the molecule is COc1cccc(OC)c1C(=O)N1CCN(c2nc(C)nc(C)c2Cc2ccc(C)cc2)CC1. The Kier molecular flexibility index (Phi) is 7.01. The highest BCUT2D eigenvalue weighted by Crippen LogP contribution is 2.31. The largest absolute Gasteiger partial charge is 0.496 e. The standard InChI is InChI=1S/C27H32N4O3/c1-18-9-11-21(12-10-18)17-22-19(2)28-20(3)29-26(22)30-13-15-31(16-14-30)27(32)25-23(33-4)7-6-8-24(25)34-5/h6-12H,13-17H2,1-5H3. The average molecular weight is 461 g/mol. The van der Waals surface area contributed by atoms with Gasteiger partial charge in [0.25, 0.3) is 5.91 Å². The summed E-state index contributed by atoms with van der Waals surface area (Å²) in [6, 6.07) is 14.0. The number of ether oxygens (including phenoxy) is 2. The predicted octanol–water partition coefficient (Wildman–Crippen LogP) is 3.97. The quantitative estimate of drug-likeness (QED) is 0.555. The van der Waals surface area contributed by atoms with Gasteiger partial charge in [0.05, 0.1) is 14.2 Å². The van der Waals surface area contributed by atoms with E-state index in [2.05, 4.69) is 48.0 Å². The molecule has 0 spiro atoms. The van der Waals surface area contributed by atoms with Crippen molar-refractivity contribution in [3.63, 3.8) is 0 Å². The molecular formula is C27H32N4O3. The fraction of sp³-hybridized carbons (Fsp3) is 0.370. The normalized spacial score (nSPS) is 13.7. The Morgan fingerprint density at radius 3 is 2.09 bits per heavy atom. The van der Waals surface area contributed by atoms with Crippen molar-refractivity contribution in [3.05, 3.63) is 76.2 Å². The van der Waals surface area contributed by atoms with Crippen molar-refractivity contribution in [1.82, 2.24) is 14.9 Å². The Morgan fingerprint density at radius 1 is 0.882 bits per heavy atom. The van der Waals surface area contributed by atoms with Crippen LogP contribution in [0.25, 0.3) is 0 Å². The van der Waals surface area contributed by atoms with Gasteiger partial charge in [0, 0.05) is 43.9 Å². The molecule has 1 saturated heterocycles. The molecule has 0 saturated carbocycles. The second-order valence-electron chi connectivity index (χ2n) is 8.64. The summed E-state index contributed by atoms with van der Waals surface area (Å²) in [5, 5.41) is 0. The van der Waals surface area contributed by atoms with E-state index in [9.17, 15) is 4.79 Å². The maximum atomic E-state index is 13.4. The number of carbonyl (C=O) groups is 1. The van der Waals surface area contributed by atoms with Crippen molar-refractivity contribution in [2.24, 2.45) is 0 Å². The van der Waals surface area contributed by atoms with Crippen LogP contribution in [0.15, 0.2) is 42.5 Å². The van der Waals surface area contributed by atoms with Gasteiger partial charge in [-0.1, -0.05) is 35.9 Å². The molecule has 2 aromatic carbocycles. The van der Waals surface area contributed by atoms with Gasteiger partial charge >= 0.3 is 0 Å². The molecule has 1 aliphatic rings. The van der Waals surface area contributed by atoms with Crippen LogP contribution in [-0.4, -0.2) is 61.2 Å². The highest BCUT2D eigenvalue weighted by molar-refractivity contribution is 5.99. The number of aromatic nitrogens is 2. The molecule has 0 unspecified atom stereocenters. The summed E-state index contributed by atoms with van der Waals surface area (Å²) in [5.74, 6) is 2.69. The maximum Gasteiger partial charge on any atom is 0.261 e. The third-order valence-electron chi connectivity index (χ3n) is 6.31. The third-order valence-corrected chi connectivity index (χ3v) is 6.31. The lowest BCUT2D eigenvalue weighted by Crippen LogP contribution is -2.49. The highest BCUT2D eigenvalue weighted by Gasteiger charge is 2.28. The van der Waals surface area contributed by atoms with E-state index in [0.29, 0.717) is 43.2 Å². The van der Waals surface area contributed by atoms with Crippen molar-refractivity contribution in [3.8, 4) is 11.5 Å². The van der Waals surface area contributed by atoms with Crippen molar-refractivity contribution < 1.29 is 14.3 Å². The molecular weight excluding hydrogens is 428 g/mol. The zero-order chi connectivity index (χ0) is 24.2. The molecule has 178 valence electrons. The van der Waals surface area contributed by atoms with Crippen LogP contribution in [0.2, 0.25) is 0 Å². The van der Waals surface area contributed by atoms with Gasteiger partial charge in [0.1, 0.15) is 28.7 Å².